The molecule has 0 bridgehead atoms. The lowest BCUT2D eigenvalue weighted by atomic mass is 10.0. The van der Waals surface area contributed by atoms with Crippen LogP contribution in [-0.2, 0) is 0 Å². The molecular formula is C13H8FNO4. The van der Waals surface area contributed by atoms with Crippen molar-refractivity contribution < 1.29 is 24.2 Å². The van der Waals surface area contributed by atoms with E-state index >= 15 is 0 Å². The second-order valence-corrected chi connectivity index (χ2v) is 3.78. The Balaban J connectivity index is 2.62. The first-order valence-corrected chi connectivity index (χ1v) is 5.21. The third kappa shape index (κ3) is 2.74. The molecule has 1 aromatic carbocycles. The van der Waals surface area contributed by atoms with Gasteiger partial charge in [0, 0.05) is 12.3 Å². The zero-order chi connectivity index (χ0) is 14.0. The fourth-order valence-electron chi connectivity index (χ4n) is 1.62. The topological polar surface area (TPSA) is 87.5 Å². The van der Waals surface area contributed by atoms with Crippen LogP contribution in [0.5, 0.6) is 0 Å². The van der Waals surface area contributed by atoms with Gasteiger partial charge in [0.15, 0.2) is 0 Å². The van der Waals surface area contributed by atoms with Gasteiger partial charge in [-0.3, -0.25) is 0 Å². The summed E-state index contributed by atoms with van der Waals surface area (Å²) in [7, 11) is 0. The van der Waals surface area contributed by atoms with Crippen molar-refractivity contribution in [3.8, 4) is 11.1 Å². The van der Waals surface area contributed by atoms with Gasteiger partial charge in [0.1, 0.15) is 0 Å². The molecule has 0 fully saturated rings. The van der Waals surface area contributed by atoms with Crippen LogP contribution in [0.3, 0.4) is 0 Å². The van der Waals surface area contributed by atoms with Crippen molar-refractivity contribution in [3.63, 3.8) is 0 Å². The van der Waals surface area contributed by atoms with Crippen molar-refractivity contribution in [1.82, 2.24) is 4.98 Å². The van der Waals surface area contributed by atoms with Gasteiger partial charge in [-0.15, -0.1) is 0 Å². The SMILES string of the molecule is O=C(O)c1cc(C(=O)O)cc(-c2ccnc(F)c2)c1. The van der Waals surface area contributed by atoms with Gasteiger partial charge in [-0.25, -0.2) is 14.6 Å². The largest absolute Gasteiger partial charge is 0.478 e. The highest BCUT2D eigenvalue weighted by Gasteiger charge is 2.12. The molecule has 19 heavy (non-hydrogen) atoms. The van der Waals surface area contributed by atoms with Crippen LogP contribution in [0.4, 0.5) is 4.39 Å². The summed E-state index contributed by atoms with van der Waals surface area (Å²) in [4.78, 5) is 25.3. The summed E-state index contributed by atoms with van der Waals surface area (Å²) in [5.74, 6) is -3.23. The molecule has 2 N–H and O–H groups in total. The number of carbonyl (C=O) groups is 2. The molecule has 2 aromatic rings. The van der Waals surface area contributed by atoms with Crippen molar-refractivity contribution in [1.29, 1.82) is 0 Å². The van der Waals surface area contributed by atoms with Gasteiger partial charge in [0.25, 0.3) is 0 Å². The Morgan fingerprint density at radius 2 is 1.53 bits per heavy atom. The number of hydrogen-bond donors (Lipinski definition) is 2. The van der Waals surface area contributed by atoms with Gasteiger partial charge in [-0.05, 0) is 35.4 Å². The van der Waals surface area contributed by atoms with Crippen LogP contribution in [0.25, 0.3) is 11.1 Å². The van der Waals surface area contributed by atoms with Crippen LogP contribution < -0.4 is 0 Å². The number of rotatable bonds is 3. The third-order valence-corrected chi connectivity index (χ3v) is 2.49. The van der Waals surface area contributed by atoms with Crippen LogP contribution in [-0.4, -0.2) is 27.1 Å². The number of carboxylic acids is 2. The van der Waals surface area contributed by atoms with E-state index in [1.807, 2.05) is 0 Å². The molecule has 1 aromatic heterocycles. The summed E-state index contributed by atoms with van der Waals surface area (Å²) >= 11 is 0. The number of aromatic carboxylic acids is 2. The van der Waals surface area contributed by atoms with E-state index in [-0.39, 0.29) is 11.1 Å². The molecule has 0 aliphatic carbocycles. The van der Waals surface area contributed by atoms with Crippen molar-refractivity contribution in [3.05, 3.63) is 53.6 Å². The van der Waals surface area contributed by atoms with Gasteiger partial charge >= 0.3 is 11.9 Å². The molecule has 96 valence electrons. The fourth-order valence-corrected chi connectivity index (χ4v) is 1.62. The fraction of sp³-hybridized carbons (Fsp3) is 0. The molecule has 0 spiro atoms. The first-order chi connectivity index (χ1) is 8.97. The number of aromatic nitrogens is 1. The average molecular weight is 261 g/mol. The number of benzene rings is 1. The highest BCUT2D eigenvalue weighted by atomic mass is 19.1. The number of hydrogen-bond acceptors (Lipinski definition) is 3. The lowest BCUT2D eigenvalue weighted by Crippen LogP contribution is -2.03. The standard InChI is InChI=1S/C13H8FNO4/c14-11-6-7(1-2-15-11)8-3-9(12(16)17)5-10(4-8)13(18)19/h1-6H,(H,16,17)(H,18,19). The second kappa shape index (κ2) is 4.85. The van der Waals surface area contributed by atoms with E-state index in [9.17, 15) is 14.0 Å². The van der Waals surface area contributed by atoms with E-state index in [2.05, 4.69) is 4.98 Å². The van der Waals surface area contributed by atoms with Crippen molar-refractivity contribution >= 4 is 11.9 Å². The van der Waals surface area contributed by atoms with Gasteiger partial charge in [-0.1, -0.05) is 0 Å². The maximum atomic E-state index is 13.0. The monoisotopic (exact) mass is 261 g/mol. The highest BCUT2D eigenvalue weighted by molar-refractivity contribution is 5.96. The molecule has 1 heterocycles. The number of halogens is 1. The third-order valence-electron chi connectivity index (χ3n) is 2.49. The molecule has 0 radical (unpaired) electrons. The number of nitrogens with zero attached hydrogens (tertiary/aromatic N) is 1. The van der Waals surface area contributed by atoms with E-state index in [0.29, 0.717) is 11.1 Å². The molecule has 0 saturated heterocycles. The predicted octanol–water partition coefficient (Wildman–Crippen LogP) is 2.28. The summed E-state index contributed by atoms with van der Waals surface area (Å²) in [6.45, 7) is 0. The van der Waals surface area contributed by atoms with Gasteiger partial charge < -0.3 is 10.2 Å². The van der Waals surface area contributed by atoms with Crippen LogP contribution in [0.1, 0.15) is 20.7 Å². The zero-order valence-electron chi connectivity index (χ0n) is 9.50. The van der Waals surface area contributed by atoms with Crippen LogP contribution in [0.15, 0.2) is 36.5 Å². The van der Waals surface area contributed by atoms with Crippen molar-refractivity contribution in [2.24, 2.45) is 0 Å². The normalized spacial score (nSPS) is 10.2. The van der Waals surface area contributed by atoms with E-state index in [1.54, 1.807) is 0 Å². The Hall–Kier alpha value is -2.76. The summed E-state index contributed by atoms with van der Waals surface area (Å²) in [6.07, 6.45) is 1.22. The van der Waals surface area contributed by atoms with E-state index in [4.69, 9.17) is 10.2 Å². The Bertz CT molecular complexity index is 637. The first kappa shape index (κ1) is 12.7. The summed E-state index contributed by atoms with van der Waals surface area (Å²) < 4.78 is 13.0. The number of carboxylic acid groups (broad SMARTS) is 2. The van der Waals surface area contributed by atoms with Crippen molar-refractivity contribution in [2.75, 3.05) is 0 Å². The second-order valence-electron chi connectivity index (χ2n) is 3.78. The molecule has 6 heteroatoms. The lowest BCUT2D eigenvalue weighted by molar-refractivity contribution is 0.0696. The van der Waals surface area contributed by atoms with Crippen LogP contribution >= 0.6 is 0 Å². The van der Waals surface area contributed by atoms with E-state index in [1.165, 1.54) is 24.4 Å². The minimum absolute atomic E-state index is 0.174. The van der Waals surface area contributed by atoms with Gasteiger partial charge in [0.05, 0.1) is 11.1 Å². The minimum atomic E-state index is -1.25. The Kier molecular flexibility index (Phi) is 3.24. The molecule has 0 atom stereocenters. The highest BCUT2D eigenvalue weighted by Crippen LogP contribution is 2.23. The van der Waals surface area contributed by atoms with Crippen LogP contribution in [0, 0.1) is 5.95 Å². The summed E-state index contributed by atoms with van der Waals surface area (Å²) in [5, 5.41) is 17.9. The average Bonchev–Trinajstić information content (AvgIpc) is 2.38. The molecule has 0 aliphatic rings. The molecule has 0 aliphatic heterocycles. The molecule has 0 saturated carbocycles. The smallest absolute Gasteiger partial charge is 0.335 e. The molecule has 5 nitrogen and oxygen atoms in total. The summed E-state index contributed by atoms with van der Waals surface area (Å²) in [6, 6.07) is 6.18. The first-order valence-electron chi connectivity index (χ1n) is 5.21. The maximum Gasteiger partial charge on any atom is 0.335 e. The molecular weight excluding hydrogens is 253 g/mol. The zero-order valence-corrected chi connectivity index (χ0v) is 9.50. The summed E-state index contributed by atoms with van der Waals surface area (Å²) in [5.41, 5.74) is 0.316. The molecule has 2 rings (SSSR count). The van der Waals surface area contributed by atoms with Crippen molar-refractivity contribution in [2.45, 2.75) is 0 Å². The molecule has 0 unspecified atom stereocenters. The Labute approximate surface area is 107 Å². The van der Waals surface area contributed by atoms with Gasteiger partial charge in [-0.2, -0.15) is 4.39 Å². The minimum Gasteiger partial charge on any atom is -0.478 e. The Morgan fingerprint density at radius 1 is 0.947 bits per heavy atom. The predicted molar refractivity (Wildman–Crippen MR) is 63.5 cm³/mol. The molecule has 0 amide bonds. The lowest BCUT2D eigenvalue weighted by Gasteiger charge is -2.05. The van der Waals surface area contributed by atoms with Crippen LogP contribution in [0.2, 0.25) is 0 Å². The van der Waals surface area contributed by atoms with E-state index in [0.717, 1.165) is 12.1 Å². The van der Waals surface area contributed by atoms with E-state index < -0.39 is 17.9 Å². The number of pyridine rings is 1. The Morgan fingerprint density at radius 3 is 2.00 bits per heavy atom. The maximum absolute atomic E-state index is 13.0. The van der Waals surface area contributed by atoms with Gasteiger partial charge in [0.2, 0.25) is 5.95 Å². The quantitative estimate of drug-likeness (QED) is 0.827.